The van der Waals surface area contributed by atoms with E-state index in [9.17, 15) is 0 Å². The number of aryl methyl sites for hydroxylation is 2. The molecule has 0 amide bonds. The van der Waals surface area contributed by atoms with Crippen LogP contribution in [0.5, 0.6) is 5.75 Å². The molecule has 0 aliphatic rings. The summed E-state index contributed by atoms with van der Waals surface area (Å²) >= 11 is 0. The topological polar surface area (TPSA) is 52.3 Å². The molecular formula is C20H18N4O. The molecule has 0 saturated heterocycles. The third kappa shape index (κ3) is 3.21. The number of aromatic nitrogens is 4. The first-order chi connectivity index (χ1) is 12.3. The van der Waals surface area contributed by atoms with Gasteiger partial charge in [0.25, 0.3) is 5.78 Å². The fourth-order valence-corrected chi connectivity index (χ4v) is 2.82. The van der Waals surface area contributed by atoms with Gasteiger partial charge in [0.05, 0.1) is 12.8 Å². The Morgan fingerprint density at radius 2 is 1.72 bits per heavy atom. The van der Waals surface area contributed by atoms with Gasteiger partial charge in [-0.2, -0.15) is 9.50 Å². The van der Waals surface area contributed by atoms with Crippen molar-refractivity contribution in [3.05, 3.63) is 78.2 Å². The fraction of sp³-hybridized carbons (Fsp3) is 0.150. The summed E-state index contributed by atoms with van der Waals surface area (Å²) in [6, 6.07) is 20.2. The first kappa shape index (κ1) is 15.3. The van der Waals surface area contributed by atoms with Crippen LogP contribution < -0.4 is 4.74 Å². The molecule has 0 N–H and O–H groups in total. The van der Waals surface area contributed by atoms with E-state index in [4.69, 9.17) is 4.74 Å². The summed E-state index contributed by atoms with van der Waals surface area (Å²) in [6.07, 6.45) is 3.42. The van der Waals surface area contributed by atoms with Crippen LogP contribution in [0, 0.1) is 0 Å². The maximum atomic E-state index is 5.19. The summed E-state index contributed by atoms with van der Waals surface area (Å²) in [6.45, 7) is 0. The van der Waals surface area contributed by atoms with Gasteiger partial charge in [0.2, 0.25) is 0 Å². The highest BCUT2D eigenvalue weighted by atomic mass is 16.5. The second-order valence-electron chi connectivity index (χ2n) is 5.78. The van der Waals surface area contributed by atoms with Crippen LogP contribution >= 0.6 is 0 Å². The van der Waals surface area contributed by atoms with Crippen molar-refractivity contribution in [3.63, 3.8) is 0 Å². The first-order valence-corrected chi connectivity index (χ1v) is 8.22. The van der Waals surface area contributed by atoms with E-state index in [1.807, 2.05) is 40.9 Å². The predicted molar refractivity (Wildman–Crippen MR) is 96.6 cm³/mol. The molecule has 0 bridgehead atoms. The largest absolute Gasteiger partial charge is 0.497 e. The average molecular weight is 330 g/mol. The molecule has 4 rings (SSSR count). The van der Waals surface area contributed by atoms with Crippen molar-refractivity contribution in [2.24, 2.45) is 0 Å². The lowest BCUT2D eigenvalue weighted by atomic mass is 10.1. The smallest absolute Gasteiger partial charge is 0.252 e. The Kier molecular flexibility index (Phi) is 4.12. The van der Waals surface area contributed by atoms with Crippen LogP contribution in [0.3, 0.4) is 0 Å². The standard InChI is InChI=1S/C20H18N4O/c1-25-17-10-7-15(8-11-17)9-12-19-22-20-21-14-13-18(24(20)23-19)16-5-3-2-4-6-16/h2-8,10-11,13-14H,9,12H2,1H3. The summed E-state index contributed by atoms with van der Waals surface area (Å²) in [5.41, 5.74) is 3.33. The summed E-state index contributed by atoms with van der Waals surface area (Å²) in [4.78, 5) is 8.90. The molecule has 0 aliphatic carbocycles. The zero-order valence-corrected chi connectivity index (χ0v) is 14.0. The lowest BCUT2D eigenvalue weighted by Crippen LogP contribution is -1.97. The molecule has 2 aromatic carbocycles. The van der Waals surface area contributed by atoms with Crippen molar-refractivity contribution in [1.82, 2.24) is 19.6 Å². The second-order valence-corrected chi connectivity index (χ2v) is 5.78. The van der Waals surface area contributed by atoms with Crippen LogP contribution in [0.2, 0.25) is 0 Å². The molecule has 5 nitrogen and oxygen atoms in total. The maximum absolute atomic E-state index is 5.19. The van der Waals surface area contributed by atoms with Crippen LogP contribution in [-0.2, 0) is 12.8 Å². The highest BCUT2D eigenvalue weighted by Crippen LogP contribution is 2.19. The lowest BCUT2D eigenvalue weighted by Gasteiger charge is -2.03. The van der Waals surface area contributed by atoms with E-state index in [1.54, 1.807) is 13.3 Å². The maximum Gasteiger partial charge on any atom is 0.252 e. The molecule has 2 aromatic heterocycles. The second kappa shape index (κ2) is 6.73. The van der Waals surface area contributed by atoms with Gasteiger partial charge in [0.1, 0.15) is 5.75 Å². The van der Waals surface area contributed by atoms with E-state index in [0.717, 1.165) is 35.7 Å². The Bertz CT molecular complexity index is 978. The average Bonchev–Trinajstić information content (AvgIpc) is 3.10. The van der Waals surface area contributed by atoms with Crippen molar-refractivity contribution in [2.45, 2.75) is 12.8 Å². The van der Waals surface area contributed by atoms with Crippen molar-refractivity contribution in [3.8, 4) is 17.0 Å². The number of nitrogens with zero attached hydrogens (tertiary/aromatic N) is 4. The first-order valence-electron chi connectivity index (χ1n) is 8.22. The number of fused-ring (bicyclic) bond motifs is 1. The fourth-order valence-electron chi connectivity index (χ4n) is 2.82. The van der Waals surface area contributed by atoms with Gasteiger partial charge in [0.15, 0.2) is 5.82 Å². The van der Waals surface area contributed by atoms with E-state index in [-0.39, 0.29) is 0 Å². The predicted octanol–water partition coefficient (Wildman–Crippen LogP) is 3.59. The molecule has 2 heterocycles. The van der Waals surface area contributed by atoms with Crippen LogP contribution in [0.1, 0.15) is 11.4 Å². The minimum Gasteiger partial charge on any atom is -0.497 e. The number of methoxy groups -OCH3 is 1. The number of benzene rings is 2. The highest BCUT2D eigenvalue weighted by molar-refractivity contribution is 5.61. The Labute approximate surface area is 145 Å². The number of hydrogen-bond acceptors (Lipinski definition) is 4. The summed E-state index contributed by atoms with van der Waals surface area (Å²) in [7, 11) is 1.67. The lowest BCUT2D eigenvalue weighted by molar-refractivity contribution is 0.414. The van der Waals surface area contributed by atoms with E-state index < -0.39 is 0 Å². The van der Waals surface area contributed by atoms with Crippen molar-refractivity contribution >= 4 is 5.78 Å². The molecule has 5 heteroatoms. The summed E-state index contributed by atoms with van der Waals surface area (Å²) in [5, 5.41) is 4.66. The Morgan fingerprint density at radius 1 is 0.920 bits per heavy atom. The number of hydrogen-bond donors (Lipinski definition) is 0. The SMILES string of the molecule is COc1ccc(CCc2nc3nccc(-c4ccccc4)n3n2)cc1. The van der Waals surface area contributed by atoms with Gasteiger partial charge in [-0.1, -0.05) is 42.5 Å². The minimum atomic E-state index is 0.631. The molecule has 0 aliphatic heterocycles. The molecular weight excluding hydrogens is 312 g/mol. The van der Waals surface area contributed by atoms with Gasteiger partial charge in [-0.15, -0.1) is 5.10 Å². The number of ether oxygens (including phenoxy) is 1. The molecule has 0 unspecified atom stereocenters. The monoisotopic (exact) mass is 330 g/mol. The Morgan fingerprint density at radius 3 is 2.48 bits per heavy atom. The van der Waals surface area contributed by atoms with Gasteiger partial charge >= 0.3 is 0 Å². The van der Waals surface area contributed by atoms with Crippen molar-refractivity contribution < 1.29 is 4.74 Å². The van der Waals surface area contributed by atoms with E-state index >= 15 is 0 Å². The van der Waals surface area contributed by atoms with Crippen LogP contribution in [0.4, 0.5) is 0 Å². The van der Waals surface area contributed by atoms with E-state index in [0.29, 0.717) is 5.78 Å². The summed E-state index contributed by atoms with van der Waals surface area (Å²) < 4.78 is 7.01. The number of rotatable bonds is 5. The third-order valence-corrected chi connectivity index (χ3v) is 4.15. The van der Waals surface area contributed by atoms with Gasteiger partial charge in [0, 0.05) is 18.2 Å². The quantitative estimate of drug-likeness (QED) is 0.561. The normalized spacial score (nSPS) is 10.9. The van der Waals surface area contributed by atoms with Crippen LogP contribution in [0.25, 0.3) is 17.0 Å². The van der Waals surface area contributed by atoms with Gasteiger partial charge < -0.3 is 4.74 Å². The molecule has 124 valence electrons. The van der Waals surface area contributed by atoms with Gasteiger partial charge in [-0.3, -0.25) is 0 Å². The van der Waals surface area contributed by atoms with Crippen molar-refractivity contribution in [2.75, 3.05) is 7.11 Å². The van der Waals surface area contributed by atoms with Crippen molar-refractivity contribution in [1.29, 1.82) is 0 Å². The molecule has 25 heavy (non-hydrogen) atoms. The Hall–Kier alpha value is -3.21. The zero-order chi connectivity index (χ0) is 17.1. The van der Waals surface area contributed by atoms with Crippen LogP contribution in [-0.4, -0.2) is 26.7 Å². The third-order valence-electron chi connectivity index (χ3n) is 4.15. The molecule has 0 saturated carbocycles. The Balaban J connectivity index is 1.59. The minimum absolute atomic E-state index is 0.631. The van der Waals surface area contributed by atoms with Gasteiger partial charge in [-0.05, 0) is 30.2 Å². The van der Waals surface area contributed by atoms with Gasteiger partial charge in [-0.25, -0.2) is 4.98 Å². The molecule has 0 spiro atoms. The van der Waals surface area contributed by atoms with Crippen LogP contribution in [0.15, 0.2) is 66.9 Å². The molecule has 4 aromatic rings. The molecule has 0 radical (unpaired) electrons. The summed E-state index contributed by atoms with van der Waals surface area (Å²) in [5.74, 6) is 2.30. The highest BCUT2D eigenvalue weighted by Gasteiger charge is 2.10. The molecule has 0 fully saturated rings. The van der Waals surface area contributed by atoms with E-state index in [1.165, 1.54) is 5.56 Å². The zero-order valence-electron chi connectivity index (χ0n) is 14.0. The molecule has 0 atom stereocenters. The van der Waals surface area contributed by atoms with E-state index in [2.05, 4.69) is 39.3 Å².